The molecule has 0 saturated heterocycles. The van der Waals surface area contributed by atoms with Crippen LogP contribution in [0.4, 0.5) is 0 Å². The normalized spacial score (nSPS) is 19.1. The highest BCUT2D eigenvalue weighted by atomic mass is 16.5. The van der Waals surface area contributed by atoms with Crippen LogP contribution in [-0.4, -0.2) is 25.2 Å². The zero-order chi connectivity index (χ0) is 11.1. The van der Waals surface area contributed by atoms with Crippen molar-refractivity contribution in [3.05, 3.63) is 0 Å². The van der Waals surface area contributed by atoms with Gasteiger partial charge < -0.3 is 10.1 Å². The molecule has 1 N–H and O–H groups in total. The number of amides is 1. The van der Waals surface area contributed by atoms with E-state index in [-0.39, 0.29) is 12.5 Å². The first-order chi connectivity index (χ1) is 7.24. The van der Waals surface area contributed by atoms with Crippen molar-refractivity contribution in [2.24, 2.45) is 5.92 Å². The Labute approximate surface area is 92.6 Å². The Hall–Kier alpha value is -0.570. The molecular formula is C12H23NO2. The molecule has 0 unspecified atom stereocenters. The van der Waals surface area contributed by atoms with Crippen LogP contribution in [0, 0.1) is 5.92 Å². The zero-order valence-electron chi connectivity index (χ0n) is 9.92. The minimum atomic E-state index is 0.0304. The summed E-state index contributed by atoms with van der Waals surface area (Å²) in [5.74, 6) is 0.711. The highest BCUT2D eigenvalue weighted by molar-refractivity contribution is 5.77. The maximum absolute atomic E-state index is 11.4. The van der Waals surface area contributed by atoms with Gasteiger partial charge in [-0.05, 0) is 32.1 Å². The summed E-state index contributed by atoms with van der Waals surface area (Å²) in [5.41, 5.74) is 0. The molecule has 1 fully saturated rings. The van der Waals surface area contributed by atoms with Crippen LogP contribution in [0.15, 0.2) is 0 Å². The van der Waals surface area contributed by atoms with Gasteiger partial charge in [0.05, 0.1) is 0 Å². The van der Waals surface area contributed by atoms with Crippen molar-refractivity contribution in [1.82, 2.24) is 5.32 Å². The third-order valence-corrected chi connectivity index (χ3v) is 3.08. The fourth-order valence-electron chi connectivity index (χ4n) is 2.18. The van der Waals surface area contributed by atoms with Gasteiger partial charge >= 0.3 is 0 Å². The van der Waals surface area contributed by atoms with Crippen LogP contribution in [0.2, 0.25) is 0 Å². The summed E-state index contributed by atoms with van der Waals surface area (Å²) in [7, 11) is 0. The van der Waals surface area contributed by atoms with E-state index in [2.05, 4.69) is 12.2 Å². The summed E-state index contributed by atoms with van der Waals surface area (Å²) < 4.78 is 5.20. The third-order valence-electron chi connectivity index (χ3n) is 3.08. The second-order valence-corrected chi connectivity index (χ2v) is 4.45. The number of carbonyl (C=O) groups excluding carboxylic acids is 1. The number of hydrogen-bond acceptors (Lipinski definition) is 2. The predicted octanol–water partition coefficient (Wildman–Crippen LogP) is 2.11. The average Bonchev–Trinajstić information content (AvgIpc) is 2.70. The Morgan fingerprint density at radius 3 is 2.73 bits per heavy atom. The van der Waals surface area contributed by atoms with Crippen molar-refractivity contribution < 1.29 is 9.53 Å². The van der Waals surface area contributed by atoms with Crippen molar-refractivity contribution in [3.8, 4) is 0 Å². The summed E-state index contributed by atoms with van der Waals surface area (Å²) in [6.07, 6.45) is 6.12. The first kappa shape index (κ1) is 12.5. The van der Waals surface area contributed by atoms with Gasteiger partial charge in [0.1, 0.15) is 6.61 Å². The Kier molecular flexibility index (Phi) is 5.69. The van der Waals surface area contributed by atoms with Crippen LogP contribution in [-0.2, 0) is 9.53 Å². The number of hydrogen-bond donors (Lipinski definition) is 1. The van der Waals surface area contributed by atoms with E-state index in [0.29, 0.717) is 18.6 Å². The molecule has 3 heteroatoms. The minimum Gasteiger partial charge on any atom is -0.372 e. The fraction of sp³-hybridized carbons (Fsp3) is 0.917. The van der Waals surface area contributed by atoms with Crippen LogP contribution >= 0.6 is 0 Å². The van der Waals surface area contributed by atoms with E-state index in [9.17, 15) is 4.79 Å². The second kappa shape index (κ2) is 6.83. The van der Waals surface area contributed by atoms with Gasteiger partial charge in [0, 0.05) is 12.6 Å². The van der Waals surface area contributed by atoms with Crippen LogP contribution in [0.5, 0.6) is 0 Å². The van der Waals surface area contributed by atoms with Gasteiger partial charge in [0.2, 0.25) is 5.91 Å². The Bertz CT molecular complexity index is 188. The number of ether oxygens (including phenoxy) is 1. The molecule has 1 rings (SSSR count). The number of nitrogens with one attached hydrogen (secondary N) is 1. The second-order valence-electron chi connectivity index (χ2n) is 4.45. The molecule has 3 nitrogen and oxygen atoms in total. The quantitative estimate of drug-likeness (QED) is 0.686. The van der Waals surface area contributed by atoms with E-state index in [4.69, 9.17) is 4.74 Å². The summed E-state index contributed by atoms with van der Waals surface area (Å²) in [6.45, 7) is 5.03. The van der Waals surface area contributed by atoms with E-state index in [1.54, 1.807) is 0 Å². The standard InChI is InChI=1S/C12H23NO2/c1-3-8-15-9-12(14)13-10(2)11-6-4-5-7-11/h10-11H,3-9H2,1-2H3,(H,13,14)/t10-/m1/s1. The minimum absolute atomic E-state index is 0.0304. The first-order valence-corrected chi connectivity index (χ1v) is 6.11. The van der Waals surface area contributed by atoms with E-state index in [0.717, 1.165) is 6.42 Å². The summed E-state index contributed by atoms with van der Waals surface area (Å²) in [5, 5.41) is 3.02. The number of carbonyl (C=O) groups is 1. The molecule has 0 aromatic carbocycles. The van der Waals surface area contributed by atoms with E-state index in [1.807, 2.05) is 6.92 Å². The molecule has 0 radical (unpaired) electrons. The Morgan fingerprint density at radius 1 is 1.47 bits per heavy atom. The lowest BCUT2D eigenvalue weighted by atomic mass is 10.00. The van der Waals surface area contributed by atoms with Gasteiger partial charge in [-0.3, -0.25) is 4.79 Å². The Balaban J connectivity index is 2.13. The molecule has 1 saturated carbocycles. The molecule has 88 valence electrons. The van der Waals surface area contributed by atoms with E-state index < -0.39 is 0 Å². The van der Waals surface area contributed by atoms with E-state index >= 15 is 0 Å². The molecule has 1 aliphatic carbocycles. The zero-order valence-corrected chi connectivity index (χ0v) is 9.92. The van der Waals surface area contributed by atoms with Gasteiger partial charge in [-0.2, -0.15) is 0 Å². The molecular weight excluding hydrogens is 190 g/mol. The molecule has 1 amide bonds. The lowest BCUT2D eigenvalue weighted by Crippen LogP contribution is -2.39. The van der Waals surface area contributed by atoms with Crippen molar-refractivity contribution in [1.29, 1.82) is 0 Å². The summed E-state index contributed by atoms with van der Waals surface area (Å²) in [4.78, 5) is 11.4. The monoisotopic (exact) mass is 213 g/mol. The maximum atomic E-state index is 11.4. The van der Waals surface area contributed by atoms with Crippen LogP contribution in [0.25, 0.3) is 0 Å². The molecule has 0 aromatic rings. The lowest BCUT2D eigenvalue weighted by molar-refractivity contribution is -0.126. The van der Waals surface area contributed by atoms with Gasteiger partial charge in [0.15, 0.2) is 0 Å². The fourth-order valence-corrected chi connectivity index (χ4v) is 2.18. The number of rotatable bonds is 6. The topological polar surface area (TPSA) is 38.3 Å². The highest BCUT2D eigenvalue weighted by Crippen LogP contribution is 2.27. The molecule has 0 bridgehead atoms. The van der Waals surface area contributed by atoms with Gasteiger partial charge in [-0.15, -0.1) is 0 Å². The third kappa shape index (κ3) is 4.65. The van der Waals surface area contributed by atoms with E-state index in [1.165, 1.54) is 25.7 Å². The molecule has 0 heterocycles. The van der Waals surface area contributed by atoms with Gasteiger partial charge in [0.25, 0.3) is 0 Å². The molecule has 0 aromatic heterocycles. The lowest BCUT2D eigenvalue weighted by Gasteiger charge is -2.20. The van der Waals surface area contributed by atoms with Crippen molar-refractivity contribution in [2.75, 3.05) is 13.2 Å². The molecule has 15 heavy (non-hydrogen) atoms. The van der Waals surface area contributed by atoms with Gasteiger partial charge in [-0.1, -0.05) is 19.8 Å². The average molecular weight is 213 g/mol. The molecule has 1 aliphatic rings. The van der Waals surface area contributed by atoms with Crippen LogP contribution < -0.4 is 5.32 Å². The Morgan fingerprint density at radius 2 is 2.13 bits per heavy atom. The van der Waals surface area contributed by atoms with Crippen molar-refractivity contribution in [2.45, 2.75) is 52.0 Å². The highest BCUT2D eigenvalue weighted by Gasteiger charge is 2.22. The largest absolute Gasteiger partial charge is 0.372 e. The smallest absolute Gasteiger partial charge is 0.246 e. The maximum Gasteiger partial charge on any atom is 0.246 e. The summed E-state index contributed by atoms with van der Waals surface area (Å²) >= 11 is 0. The summed E-state index contributed by atoms with van der Waals surface area (Å²) in [6, 6.07) is 0.310. The van der Waals surface area contributed by atoms with Crippen LogP contribution in [0.3, 0.4) is 0 Å². The molecule has 1 atom stereocenters. The first-order valence-electron chi connectivity index (χ1n) is 6.11. The van der Waals surface area contributed by atoms with Crippen molar-refractivity contribution in [3.63, 3.8) is 0 Å². The van der Waals surface area contributed by atoms with Crippen molar-refractivity contribution >= 4 is 5.91 Å². The molecule has 0 spiro atoms. The molecule has 0 aliphatic heterocycles. The SMILES string of the molecule is CCCOCC(=O)N[C@H](C)C1CCCC1. The van der Waals surface area contributed by atoms with Gasteiger partial charge in [-0.25, -0.2) is 0 Å². The predicted molar refractivity (Wildman–Crippen MR) is 60.7 cm³/mol. The van der Waals surface area contributed by atoms with Crippen LogP contribution in [0.1, 0.15) is 46.0 Å².